The molecule has 1 atom stereocenters. The number of ketones is 1. The SMILES string of the molecule is C[C@@](CC(=O)c1ccsc1)(c1cn(C2(C(N)=O)CC2)nn1)C1CCCCC1. The van der Waals surface area contributed by atoms with E-state index in [-0.39, 0.29) is 17.1 Å². The maximum atomic E-state index is 12.9. The van der Waals surface area contributed by atoms with Gasteiger partial charge in [0.05, 0.1) is 11.9 Å². The van der Waals surface area contributed by atoms with Gasteiger partial charge < -0.3 is 5.73 Å². The normalized spacial score (nSPS) is 21.5. The van der Waals surface area contributed by atoms with E-state index in [9.17, 15) is 9.59 Å². The van der Waals surface area contributed by atoms with Gasteiger partial charge in [0, 0.05) is 22.8 Å². The molecule has 0 spiro atoms. The summed E-state index contributed by atoms with van der Waals surface area (Å²) in [6.07, 6.45) is 9.52. The molecule has 2 fully saturated rings. The molecular formula is C20H26N4O2S. The number of Topliss-reactive ketones (excluding diaryl/α,β-unsaturated/α-hetero) is 1. The van der Waals surface area contributed by atoms with E-state index in [0.29, 0.717) is 25.2 Å². The highest BCUT2D eigenvalue weighted by atomic mass is 32.1. The molecule has 0 aromatic carbocycles. The third-order valence-corrected chi connectivity index (χ3v) is 7.26. The highest BCUT2D eigenvalue weighted by Crippen LogP contribution is 2.46. The van der Waals surface area contributed by atoms with Gasteiger partial charge >= 0.3 is 0 Å². The fourth-order valence-corrected chi connectivity index (χ4v) is 5.14. The Hall–Kier alpha value is -2.02. The lowest BCUT2D eigenvalue weighted by atomic mass is 9.65. The zero-order valence-electron chi connectivity index (χ0n) is 15.7. The van der Waals surface area contributed by atoms with Crippen LogP contribution in [0, 0.1) is 5.92 Å². The average Bonchev–Trinajstić information content (AvgIpc) is 3.10. The fraction of sp³-hybridized carbons (Fsp3) is 0.600. The molecule has 144 valence electrons. The Morgan fingerprint density at radius 2 is 2.07 bits per heavy atom. The first-order chi connectivity index (χ1) is 13.0. The molecule has 2 N–H and O–H groups in total. The van der Waals surface area contributed by atoms with Gasteiger partial charge in [0.15, 0.2) is 5.78 Å². The second kappa shape index (κ2) is 6.86. The van der Waals surface area contributed by atoms with Gasteiger partial charge in [-0.25, -0.2) is 4.68 Å². The van der Waals surface area contributed by atoms with Gasteiger partial charge in [-0.1, -0.05) is 31.4 Å². The number of nitrogens with two attached hydrogens (primary N) is 1. The summed E-state index contributed by atoms with van der Waals surface area (Å²) in [5, 5.41) is 12.5. The smallest absolute Gasteiger partial charge is 0.245 e. The molecule has 2 aromatic heterocycles. The fourth-order valence-electron chi connectivity index (χ4n) is 4.48. The Morgan fingerprint density at radius 1 is 1.33 bits per heavy atom. The van der Waals surface area contributed by atoms with Gasteiger partial charge in [-0.3, -0.25) is 9.59 Å². The Labute approximate surface area is 163 Å². The van der Waals surface area contributed by atoms with E-state index in [1.54, 1.807) is 4.68 Å². The van der Waals surface area contributed by atoms with Crippen molar-refractivity contribution >= 4 is 23.0 Å². The largest absolute Gasteiger partial charge is 0.368 e. The van der Waals surface area contributed by atoms with Crippen molar-refractivity contribution in [2.45, 2.75) is 69.2 Å². The van der Waals surface area contributed by atoms with Gasteiger partial charge in [0.2, 0.25) is 5.91 Å². The van der Waals surface area contributed by atoms with E-state index in [4.69, 9.17) is 5.73 Å². The number of aromatic nitrogens is 3. The second-order valence-electron chi connectivity index (χ2n) is 8.31. The monoisotopic (exact) mass is 386 g/mol. The molecule has 2 heterocycles. The number of nitrogens with zero attached hydrogens (tertiary/aromatic N) is 3. The third-order valence-electron chi connectivity index (χ3n) is 6.58. The Bertz CT molecular complexity index is 834. The van der Waals surface area contributed by atoms with Crippen molar-refractivity contribution in [3.63, 3.8) is 0 Å². The highest BCUT2D eigenvalue weighted by Gasteiger charge is 2.52. The summed E-state index contributed by atoms with van der Waals surface area (Å²) >= 11 is 1.54. The first-order valence-electron chi connectivity index (χ1n) is 9.74. The van der Waals surface area contributed by atoms with Crippen LogP contribution in [0.1, 0.15) is 74.3 Å². The summed E-state index contributed by atoms with van der Waals surface area (Å²) in [6, 6.07) is 1.89. The number of amides is 1. The summed E-state index contributed by atoms with van der Waals surface area (Å²) in [5.74, 6) is 0.185. The minimum atomic E-state index is -0.712. The van der Waals surface area contributed by atoms with Crippen LogP contribution in [0.15, 0.2) is 23.0 Å². The molecular weight excluding hydrogens is 360 g/mol. The van der Waals surface area contributed by atoms with Gasteiger partial charge in [-0.05, 0) is 43.0 Å². The standard InChI is InChI=1S/C20H26N4O2S/c1-19(15-5-3-2-4-6-15,11-16(25)14-7-10-27-13-14)17-12-24(23-22-17)20(8-9-20)18(21)26/h7,10,12-13,15H,2-6,8-9,11H2,1H3,(H2,21,26)/t19-/m0/s1. The number of hydrogen-bond acceptors (Lipinski definition) is 5. The van der Waals surface area contributed by atoms with Crippen LogP contribution in [0.3, 0.4) is 0 Å². The summed E-state index contributed by atoms with van der Waals surface area (Å²) < 4.78 is 1.64. The second-order valence-corrected chi connectivity index (χ2v) is 9.09. The molecule has 4 rings (SSSR count). The molecule has 0 aliphatic heterocycles. The topological polar surface area (TPSA) is 90.9 Å². The van der Waals surface area contributed by atoms with Crippen molar-refractivity contribution in [1.29, 1.82) is 0 Å². The molecule has 27 heavy (non-hydrogen) atoms. The van der Waals surface area contributed by atoms with E-state index in [1.807, 2.05) is 23.0 Å². The number of carbonyl (C=O) groups excluding carboxylic acids is 2. The first kappa shape index (κ1) is 18.3. The third kappa shape index (κ3) is 3.22. The van der Waals surface area contributed by atoms with Crippen molar-refractivity contribution in [3.05, 3.63) is 34.3 Å². The van der Waals surface area contributed by atoms with Crippen LogP contribution < -0.4 is 5.73 Å². The van der Waals surface area contributed by atoms with Crippen LogP contribution in [-0.4, -0.2) is 26.7 Å². The van der Waals surface area contributed by atoms with E-state index < -0.39 is 5.54 Å². The number of carbonyl (C=O) groups is 2. The number of thiophene rings is 1. The number of rotatable bonds is 7. The molecule has 0 radical (unpaired) electrons. The molecule has 0 saturated heterocycles. The lowest BCUT2D eigenvalue weighted by Gasteiger charge is -2.38. The molecule has 1 amide bonds. The molecule has 0 unspecified atom stereocenters. The van der Waals surface area contributed by atoms with E-state index >= 15 is 0 Å². The molecule has 2 aromatic rings. The molecule has 0 bridgehead atoms. The predicted molar refractivity (Wildman–Crippen MR) is 104 cm³/mol. The Kier molecular flexibility index (Phi) is 4.66. The average molecular weight is 387 g/mol. The van der Waals surface area contributed by atoms with Crippen molar-refractivity contribution in [2.24, 2.45) is 11.7 Å². The Balaban J connectivity index is 1.66. The summed E-state index contributed by atoms with van der Waals surface area (Å²) in [4.78, 5) is 24.8. The van der Waals surface area contributed by atoms with Crippen LogP contribution in [0.25, 0.3) is 0 Å². The lowest BCUT2D eigenvalue weighted by molar-refractivity contribution is -0.122. The maximum absolute atomic E-state index is 12.9. The van der Waals surface area contributed by atoms with Crippen LogP contribution in [0.2, 0.25) is 0 Å². The van der Waals surface area contributed by atoms with Crippen molar-refractivity contribution in [2.75, 3.05) is 0 Å². The van der Waals surface area contributed by atoms with Crippen LogP contribution in [-0.2, 0) is 15.7 Å². The summed E-state index contributed by atoms with van der Waals surface area (Å²) in [7, 11) is 0. The van der Waals surface area contributed by atoms with Crippen molar-refractivity contribution in [3.8, 4) is 0 Å². The van der Waals surface area contributed by atoms with Crippen LogP contribution >= 0.6 is 11.3 Å². The van der Waals surface area contributed by atoms with Gasteiger partial charge in [-0.2, -0.15) is 11.3 Å². The summed E-state index contributed by atoms with van der Waals surface area (Å²) in [5.41, 5.74) is 6.07. The quantitative estimate of drug-likeness (QED) is 0.738. The first-order valence-corrected chi connectivity index (χ1v) is 10.7. The van der Waals surface area contributed by atoms with Crippen LogP contribution in [0.4, 0.5) is 0 Å². The van der Waals surface area contributed by atoms with E-state index in [2.05, 4.69) is 17.2 Å². The van der Waals surface area contributed by atoms with Crippen molar-refractivity contribution < 1.29 is 9.59 Å². The zero-order valence-corrected chi connectivity index (χ0v) is 16.5. The van der Waals surface area contributed by atoms with Gasteiger partial charge in [0.25, 0.3) is 0 Å². The number of primary amides is 1. The molecule has 2 saturated carbocycles. The molecule has 7 heteroatoms. The number of hydrogen-bond donors (Lipinski definition) is 1. The minimum Gasteiger partial charge on any atom is -0.368 e. The van der Waals surface area contributed by atoms with Crippen LogP contribution in [0.5, 0.6) is 0 Å². The zero-order chi connectivity index (χ0) is 19.1. The van der Waals surface area contributed by atoms with E-state index in [0.717, 1.165) is 24.1 Å². The predicted octanol–water partition coefficient (Wildman–Crippen LogP) is 3.43. The van der Waals surface area contributed by atoms with Gasteiger partial charge in [-0.15, -0.1) is 5.10 Å². The van der Waals surface area contributed by atoms with Crippen molar-refractivity contribution in [1.82, 2.24) is 15.0 Å². The maximum Gasteiger partial charge on any atom is 0.245 e. The molecule has 6 nitrogen and oxygen atoms in total. The summed E-state index contributed by atoms with van der Waals surface area (Å²) in [6.45, 7) is 2.14. The van der Waals surface area contributed by atoms with Gasteiger partial charge in [0.1, 0.15) is 5.54 Å². The molecule has 2 aliphatic rings. The highest BCUT2D eigenvalue weighted by molar-refractivity contribution is 7.08. The Morgan fingerprint density at radius 3 is 2.67 bits per heavy atom. The molecule has 2 aliphatic carbocycles. The van der Waals surface area contributed by atoms with E-state index in [1.165, 1.54) is 30.6 Å². The minimum absolute atomic E-state index is 0.148. The lowest BCUT2D eigenvalue weighted by Crippen LogP contribution is -2.37.